The molecule has 0 saturated carbocycles. The molecule has 162 valence electrons. The molecule has 0 spiro atoms. The normalized spacial score (nSPS) is 10.7. The van der Waals surface area contributed by atoms with Gasteiger partial charge in [-0.25, -0.2) is 9.78 Å². The molecule has 32 heavy (non-hydrogen) atoms. The molecule has 0 atom stereocenters. The molecule has 2 heterocycles. The monoisotopic (exact) mass is 447 g/mol. The minimum Gasteiger partial charge on any atom is -0.494 e. The van der Waals surface area contributed by atoms with E-state index in [0.29, 0.717) is 22.1 Å². The fourth-order valence-corrected chi connectivity index (χ4v) is 4.41. The molecule has 8 heteroatoms. The number of methoxy groups -OCH3 is 2. The van der Waals surface area contributed by atoms with Crippen LogP contribution >= 0.6 is 11.3 Å². The minimum absolute atomic E-state index is 0.191. The Balaban J connectivity index is 1.86. The number of fused-ring (bicyclic) bond motifs is 1. The smallest absolute Gasteiger partial charge is 0.338 e. The van der Waals surface area contributed by atoms with Gasteiger partial charge in [-0.2, -0.15) is 0 Å². The summed E-state index contributed by atoms with van der Waals surface area (Å²) in [6.07, 6.45) is 1.67. The van der Waals surface area contributed by atoms with Gasteiger partial charge in [0.15, 0.2) is 5.13 Å². The number of hydrogen-bond donors (Lipinski definition) is 0. The number of thiazole rings is 1. The highest BCUT2D eigenvalue weighted by molar-refractivity contribution is 7.22. The molecule has 2 aromatic carbocycles. The van der Waals surface area contributed by atoms with Crippen molar-refractivity contribution in [3.05, 3.63) is 83.2 Å². The number of pyridine rings is 1. The van der Waals surface area contributed by atoms with Crippen LogP contribution in [0.5, 0.6) is 5.75 Å². The molecule has 0 N–H and O–H groups in total. The number of carbonyl (C=O) groups is 2. The zero-order valence-corrected chi connectivity index (χ0v) is 18.7. The Morgan fingerprint density at radius 2 is 1.75 bits per heavy atom. The van der Waals surface area contributed by atoms with Gasteiger partial charge in [-0.05, 0) is 42.8 Å². The van der Waals surface area contributed by atoms with E-state index in [2.05, 4.69) is 4.98 Å². The van der Waals surface area contributed by atoms with Crippen LogP contribution < -0.4 is 9.64 Å². The lowest BCUT2D eigenvalue weighted by Gasteiger charge is -2.20. The summed E-state index contributed by atoms with van der Waals surface area (Å²) in [5.41, 5.74) is 2.84. The molecule has 0 saturated heterocycles. The maximum absolute atomic E-state index is 13.7. The first-order chi connectivity index (χ1) is 15.5. The molecule has 7 nitrogen and oxygen atoms in total. The zero-order chi connectivity index (χ0) is 22.7. The lowest BCUT2D eigenvalue weighted by Crippen LogP contribution is -2.32. The van der Waals surface area contributed by atoms with Crippen molar-refractivity contribution in [1.29, 1.82) is 0 Å². The zero-order valence-electron chi connectivity index (χ0n) is 17.9. The highest BCUT2D eigenvalue weighted by Gasteiger charge is 2.27. The van der Waals surface area contributed by atoms with Gasteiger partial charge in [-0.1, -0.05) is 35.6 Å². The Hall–Kier alpha value is -3.78. The van der Waals surface area contributed by atoms with E-state index >= 15 is 0 Å². The Morgan fingerprint density at radius 3 is 2.44 bits per heavy atom. The number of rotatable bonds is 6. The van der Waals surface area contributed by atoms with Gasteiger partial charge < -0.3 is 9.47 Å². The molecular weight excluding hydrogens is 426 g/mol. The molecule has 0 unspecified atom stereocenters. The molecule has 4 rings (SSSR count). The maximum atomic E-state index is 13.7. The Kier molecular flexibility index (Phi) is 6.13. The number of carbonyl (C=O) groups excluding carboxylic acids is 2. The van der Waals surface area contributed by atoms with Crippen LogP contribution in [-0.2, 0) is 11.3 Å². The third-order valence-electron chi connectivity index (χ3n) is 5.00. The summed E-state index contributed by atoms with van der Waals surface area (Å²) in [7, 11) is 2.88. The van der Waals surface area contributed by atoms with Gasteiger partial charge >= 0.3 is 5.97 Å². The fourth-order valence-electron chi connectivity index (χ4n) is 3.36. The minimum atomic E-state index is -0.575. The van der Waals surface area contributed by atoms with Crippen LogP contribution in [0, 0.1) is 6.92 Å². The summed E-state index contributed by atoms with van der Waals surface area (Å²) in [6, 6.07) is 15.9. The maximum Gasteiger partial charge on any atom is 0.338 e. The van der Waals surface area contributed by atoms with Gasteiger partial charge in [-0.15, -0.1) is 0 Å². The molecule has 1 amide bonds. The van der Waals surface area contributed by atoms with Crippen LogP contribution in [0.1, 0.15) is 32.0 Å². The van der Waals surface area contributed by atoms with E-state index < -0.39 is 5.97 Å². The van der Waals surface area contributed by atoms with E-state index in [1.54, 1.807) is 37.6 Å². The summed E-state index contributed by atoms with van der Waals surface area (Å²) >= 11 is 1.39. The van der Waals surface area contributed by atoms with Crippen LogP contribution in [0.25, 0.3) is 10.2 Å². The summed E-state index contributed by atoms with van der Waals surface area (Å²) in [4.78, 5) is 36.7. The summed E-state index contributed by atoms with van der Waals surface area (Å²) in [5.74, 6) is -0.311. The van der Waals surface area contributed by atoms with Crippen LogP contribution in [0.3, 0.4) is 0 Å². The second-order valence-corrected chi connectivity index (χ2v) is 7.99. The van der Waals surface area contributed by atoms with Crippen molar-refractivity contribution in [3.63, 3.8) is 0 Å². The Morgan fingerprint density at radius 1 is 1.00 bits per heavy atom. The van der Waals surface area contributed by atoms with Gasteiger partial charge in [0.25, 0.3) is 5.91 Å². The number of ether oxygens (including phenoxy) is 2. The SMILES string of the molecule is COC(=O)c1ccccc1C(=O)N(Cc1ccccn1)c1nc2c(OC)ccc(C)c2s1. The summed E-state index contributed by atoms with van der Waals surface area (Å²) in [5, 5.41) is 0.489. The average molecular weight is 448 g/mol. The van der Waals surface area contributed by atoms with Gasteiger partial charge in [0, 0.05) is 6.20 Å². The van der Waals surface area contributed by atoms with Crippen LogP contribution in [0.4, 0.5) is 5.13 Å². The number of benzene rings is 2. The Labute approximate surface area is 189 Å². The predicted octanol–water partition coefficient (Wildman–Crippen LogP) is 4.64. The lowest BCUT2D eigenvalue weighted by atomic mass is 10.1. The molecule has 0 aliphatic carbocycles. The van der Waals surface area contributed by atoms with Crippen LogP contribution in [-0.4, -0.2) is 36.1 Å². The molecule has 0 aliphatic heterocycles. The summed E-state index contributed by atoms with van der Waals surface area (Å²) < 4.78 is 11.3. The number of nitrogens with zero attached hydrogens (tertiary/aromatic N) is 3. The van der Waals surface area contributed by atoms with Crippen molar-refractivity contribution in [1.82, 2.24) is 9.97 Å². The van der Waals surface area contributed by atoms with E-state index in [-0.39, 0.29) is 23.6 Å². The predicted molar refractivity (Wildman–Crippen MR) is 123 cm³/mol. The number of aryl methyl sites for hydroxylation is 1. The number of amides is 1. The van der Waals surface area contributed by atoms with Crippen molar-refractivity contribution in [2.75, 3.05) is 19.1 Å². The first-order valence-corrected chi connectivity index (χ1v) is 10.7. The molecule has 0 radical (unpaired) electrons. The second-order valence-electron chi connectivity index (χ2n) is 7.01. The molecule has 0 bridgehead atoms. The number of hydrogen-bond acceptors (Lipinski definition) is 7. The third-order valence-corrected chi connectivity index (χ3v) is 6.21. The highest BCUT2D eigenvalue weighted by Crippen LogP contribution is 2.37. The third kappa shape index (κ3) is 4.04. The van der Waals surface area contributed by atoms with Crippen molar-refractivity contribution in [2.24, 2.45) is 0 Å². The van der Waals surface area contributed by atoms with Crippen molar-refractivity contribution in [3.8, 4) is 5.75 Å². The molecule has 2 aromatic heterocycles. The second kappa shape index (κ2) is 9.15. The lowest BCUT2D eigenvalue weighted by molar-refractivity contribution is 0.0597. The molecule has 4 aromatic rings. The van der Waals surface area contributed by atoms with Gasteiger partial charge in [0.05, 0.1) is 42.3 Å². The standard InChI is InChI=1S/C24H21N3O4S/c1-15-11-12-19(30-2)20-21(15)32-24(26-20)27(14-16-8-6-7-13-25-16)22(28)17-9-4-5-10-18(17)23(29)31-3/h4-13H,14H2,1-3H3. The number of esters is 1. The average Bonchev–Trinajstić information content (AvgIpc) is 3.28. The number of aromatic nitrogens is 2. The van der Waals surface area contributed by atoms with Gasteiger partial charge in [-0.3, -0.25) is 14.7 Å². The summed E-state index contributed by atoms with van der Waals surface area (Å²) in [6.45, 7) is 2.18. The van der Waals surface area contributed by atoms with Crippen LogP contribution in [0.15, 0.2) is 60.8 Å². The largest absolute Gasteiger partial charge is 0.494 e. The highest BCUT2D eigenvalue weighted by atomic mass is 32.1. The van der Waals surface area contributed by atoms with Crippen molar-refractivity contribution in [2.45, 2.75) is 13.5 Å². The first-order valence-electron chi connectivity index (χ1n) is 9.86. The first kappa shape index (κ1) is 21.5. The van der Waals surface area contributed by atoms with Crippen molar-refractivity contribution < 1.29 is 19.1 Å². The number of anilines is 1. The quantitative estimate of drug-likeness (QED) is 0.401. The molecule has 0 aliphatic rings. The fraction of sp³-hybridized carbons (Fsp3) is 0.167. The van der Waals surface area contributed by atoms with Crippen LogP contribution in [0.2, 0.25) is 0 Å². The van der Waals surface area contributed by atoms with Crippen molar-refractivity contribution >= 4 is 38.6 Å². The molecular formula is C24H21N3O4S. The van der Waals surface area contributed by atoms with E-state index in [0.717, 1.165) is 10.3 Å². The van der Waals surface area contributed by atoms with Gasteiger partial charge in [0.2, 0.25) is 0 Å². The van der Waals surface area contributed by atoms with Gasteiger partial charge in [0.1, 0.15) is 11.3 Å². The van der Waals surface area contributed by atoms with E-state index in [4.69, 9.17) is 14.5 Å². The van der Waals surface area contributed by atoms with E-state index in [1.807, 2.05) is 37.3 Å². The Bertz CT molecular complexity index is 1290. The van der Waals surface area contributed by atoms with E-state index in [1.165, 1.54) is 23.3 Å². The molecule has 0 fully saturated rings. The topological polar surface area (TPSA) is 81.6 Å². The van der Waals surface area contributed by atoms with E-state index in [9.17, 15) is 9.59 Å².